The maximum Gasteiger partial charge on any atom is 0.340 e. The topological polar surface area (TPSA) is 75.7 Å². The molecule has 4 rings (SSSR count). The van der Waals surface area contributed by atoms with E-state index in [0.717, 1.165) is 25.7 Å². The van der Waals surface area contributed by atoms with Crippen LogP contribution in [0.1, 0.15) is 67.1 Å². The Kier molecular flexibility index (Phi) is 4.19. The number of esters is 1. The fourth-order valence-electron chi connectivity index (χ4n) is 4.13. The number of nitrogens with zero attached hydrogens (tertiary/aromatic N) is 1. The lowest BCUT2D eigenvalue weighted by Gasteiger charge is -2.31. The van der Waals surface area contributed by atoms with Crippen LogP contribution in [0, 0.1) is 0 Å². The van der Waals surface area contributed by atoms with Gasteiger partial charge in [-0.1, -0.05) is 37.5 Å². The molecule has 2 heterocycles. The van der Waals surface area contributed by atoms with Crippen LogP contribution in [0.5, 0.6) is 0 Å². The summed E-state index contributed by atoms with van der Waals surface area (Å²) in [5.41, 5.74) is 1.14. The van der Waals surface area contributed by atoms with Crippen molar-refractivity contribution in [3.8, 4) is 0 Å². The summed E-state index contributed by atoms with van der Waals surface area (Å²) in [7, 11) is 0. The van der Waals surface area contributed by atoms with Crippen LogP contribution in [0.2, 0.25) is 0 Å². The Hall–Kier alpha value is -2.37. The molecule has 0 aromatic heterocycles. The molecule has 1 saturated heterocycles. The van der Waals surface area contributed by atoms with E-state index in [1.165, 1.54) is 11.3 Å². The third kappa shape index (κ3) is 2.90. The number of cyclic esters (lactones) is 1. The van der Waals surface area contributed by atoms with E-state index >= 15 is 0 Å². The number of carbonyl (C=O) groups is 3. The van der Waals surface area contributed by atoms with E-state index < -0.39 is 18.2 Å². The molecule has 132 valence electrons. The van der Waals surface area contributed by atoms with Crippen LogP contribution < -0.4 is 5.32 Å². The molecule has 0 spiro atoms. The van der Waals surface area contributed by atoms with E-state index in [9.17, 15) is 14.4 Å². The lowest BCUT2D eigenvalue weighted by molar-refractivity contribution is -0.146. The molecule has 6 heteroatoms. The van der Waals surface area contributed by atoms with Crippen LogP contribution in [0.4, 0.5) is 0 Å². The summed E-state index contributed by atoms with van der Waals surface area (Å²) >= 11 is 0. The minimum atomic E-state index is -0.791. The minimum Gasteiger partial charge on any atom is -0.433 e. The molecule has 2 fully saturated rings. The zero-order valence-electron chi connectivity index (χ0n) is 14.1. The van der Waals surface area contributed by atoms with Gasteiger partial charge in [0.25, 0.3) is 0 Å². The number of hydrogen-bond donors (Lipinski definition) is 1. The van der Waals surface area contributed by atoms with E-state index in [1.54, 1.807) is 18.2 Å². The van der Waals surface area contributed by atoms with Gasteiger partial charge in [0.1, 0.15) is 6.04 Å². The molecular formula is C19H22N2O4. The molecular weight excluding hydrogens is 320 g/mol. The second kappa shape index (κ2) is 6.50. The Labute approximate surface area is 146 Å². The van der Waals surface area contributed by atoms with E-state index in [2.05, 4.69) is 5.32 Å². The highest BCUT2D eigenvalue weighted by atomic mass is 16.6. The number of rotatable bonds is 3. The maximum absolute atomic E-state index is 12.8. The first-order valence-electron chi connectivity index (χ1n) is 9.06. The van der Waals surface area contributed by atoms with Gasteiger partial charge in [-0.05, 0) is 25.3 Å². The highest BCUT2D eigenvalue weighted by Gasteiger charge is 2.46. The third-order valence-electron chi connectivity index (χ3n) is 5.43. The van der Waals surface area contributed by atoms with Gasteiger partial charge in [0.05, 0.1) is 5.56 Å². The fourth-order valence-corrected chi connectivity index (χ4v) is 4.13. The number of nitrogens with one attached hydrogen (secondary N) is 1. The van der Waals surface area contributed by atoms with Crippen molar-refractivity contribution >= 4 is 17.8 Å². The van der Waals surface area contributed by atoms with Crippen molar-refractivity contribution in [2.45, 2.75) is 63.3 Å². The number of benzene rings is 1. The average Bonchev–Trinajstić information content (AvgIpc) is 3.16. The van der Waals surface area contributed by atoms with Gasteiger partial charge >= 0.3 is 5.97 Å². The maximum atomic E-state index is 12.8. The summed E-state index contributed by atoms with van der Waals surface area (Å²) < 4.78 is 5.44. The van der Waals surface area contributed by atoms with E-state index in [4.69, 9.17) is 4.74 Å². The SMILES string of the molecule is O=C1O[C@@H](N2C(=O)CC[C@H]2C(=O)NC2CCCCC2)c2ccccc21. The monoisotopic (exact) mass is 342 g/mol. The fraction of sp³-hybridized carbons (Fsp3) is 0.526. The summed E-state index contributed by atoms with van der Waals surface area (Å²) in [6.45, 7) is 0. The van der Waals surface area contributed by atoms with Gasteiger partial charge in [-0.3, -0.25) is 14.5 Å². The number of ether oxygens (including phenoxy) is 1. The Bertz CT molecular complexity index is 711. The van der Waals surface area contributed by atoms with Crippen LogP contribution in [-0.2, 0) is 14.3 Å². The van der Waals surface area contributed by atoms with Gasteiger partial charge in [-0.2, -0.15) is 0 Å². The van der Waals surface area contributed by atoms with Crippen LogP contribution in [0.15, 0.2) is 24.3 Å². The molecule has 25 heavy (non-hydrogen) atoms. The van der Waals surface area contributed by atoms with Gasteiger partial charge < -0.3 is 10.1 Å². The van der Waals surface area contributed by atoms with Crippen molar-refractivity contribution < 1.29 is 19.1 Å². The molecule has 0 bridgehead atoms. The largest absolute Gasteiger partial charge is 0.433 e. The van der Waals surface area contributed by atoms with Crippen molar-refractivity contribution in [2.75, 3.05) is 0 Å². The van der Waals surface area contributed by atoms with Crippen LogP contribution in [0.25, 0.3) is 0 Å². The van der Waals surface area contributed by atoms with Crippen LogP contribution in [0.3, 0.4) is 0 Å². The molecule has 6 nitrogen and oxygen atoms in total. The summed E-state index contributed by atoms with van der Waals surface area (Å²) in [6.07, 6.45) is 5.45. The number of carbonyl (C=O) groups excluding carboxylic acids is 3. The summed E-state index contributed by atoms with van der Waals surface area (Å²) in [5.74, 6) is -0.705. The smallest absolute Gasteiger partial charge is 0.340 e. The van der Waals surface area contributed by atoms with Gasteiger partial charge in [0.2, 0.25) is 18.0 Å². The van der Waals surface area contributed by atoms with Crippen LogP contribution in [-0.4, -0.2) is 34.8 Å². The van der Waals surface area contributed by atoms with Gasteiger partial charge in [0, 0.05) is 18.0 Å². The Morgan fingerprint density at radius 1 is 1.08 bits per heavy atom. The van der Waals surface area contributed by atoms with Gasteiger partial charge in [-0.15, -0.1) is 0 Å². The Balaban J connectivity index is 1.54. The number of fused-ring (bicyclic) bond motifs is 1. The lowest BCUT2D eigenvalue weighted by atomic mass is 9.95. The first-order valence-corrected chi connectivity index (χ1v) is 9.06. The summed E-state index contributed by atoms with van der Waals surface area (Å²) in [4.78, 5) is 38.7. The predicted octanol–water partition coefficient (Wildman–Crippen LogP) is 2.30. The van der Waals surface area contributed by atoms with Crippen molar-refractivity contribution in [2.24, 2.45) is 0 Å². The number of amides is 2. The Morgan fingerprint density at radius 3 is 2.64 bits per heavy atom. The molecule has 1 aliphatic carbocycles. The van der Waals surface area contributed by atoms with Crippen molar-refractivity contribution in [3.63, 3.8) is 0 Å². The first-order chi connectivity index (χ1) is 12.1. The number of hydrogen-bond acceptors (Lipinski definition) is 4. The van der Waals surface area contributed by atoms with E-state index in [0.29, 0.717) is 24.0 Å². The summed E-state index contributed by atoms with van der Waals surface area (Å²) in [5, 5.41) is 3.10. The second-order valence-corrected chi connectivity index (χ2v) is 7.04. The van der Waals surface area contributed by atoms with Crippen molar-refractivity contribution in [1.29, 1.82) is 0 Å². The third-order valence-corrected chi connectivity index (χ3v) is 5.43. The molecule has 2 aliphatic heterocycles. The Morgan fingerprint density at radius 2 is 1.84 bits per heavy atom. The van der Waals surface area contributed by atoms with E-state index in [1.807, 2.05) is 6.07 Å². The molecule has 2 atom stereocenters. The van der Waals surface area contributed by atoms with Gasteiger partial charge in [0.15, 0.2) is 0 Å². The molecule has 1 N–H and O–H groups in total. The molecule has 0 radical (unpaired) electrons. The zero-order valence-corrected chi connectivity index (χ0v) is 14.1. The predicted molar refractivity (Wildman–Crippen MR) is 89.5 cm³/mol. The minimum absolute atomic E-state index is 0.127. The number of likely N-dealkylation sites (tertiary alicyclic amines) is 1. The molecule has 2 amide bonds. The highest BCUT2D eigenvalue weighted by molar-refractivity contribution is 5.96. The standard InChI is InChI=1S/C19H22N2O4/c22-16-11-10-15(17(23)20-12-6-2-1-3-7-12)21(16)18-13-8-4-5-9-14(13)19(24)25-18/h4-5,8-9,12,15,18H,1-3,6-7,10-11H2,(H,20,23)/t15-,18+/m0/s1. The van der Waals surface area contributed by atoms with Crippen molar-refractivity contribution in [3.05, 3.63) is 35.4 Å². The molecule has 0 unspecified atom stereocenters. The lowest BCUT2D eigenvalue weighted by Crippen LogP contribution is -2.49. The van der Waals surface area contributed by atoms with E-state index in [-0.39, 0.29) is 17.9 Å². The highest BCUT2D eigenvalue weighted by Crippen LogP contribution is 2.38. The normalized spacial score (nSPS) is 26.5. The quantitative estimate of drug-likeness (QED) is 0.855. The van der Waals surface area contributed by atoms with Gasteiger partial charge in [-0.25, -0.2) is 4.79 Å². The van der Waals surface area contributed by atoms with Crippen LogP contribution >= 0.6 is 0 Å². The zero-order chi connectivity index (χ0) is 17.4. The summed E-state index contributed by atoms with van der Waals surface area (Å²) in [6, 6.07) is 6.67. The second-order valence-electron chi connectivity index (χ2n) is 7.04. The molecule has 1 aromatic carbocycles. The average molecular weight is 342 g/mol. The molecule has 3 aliphatic rings. The molecule has 1 aromatic rings. The first kappa shape index (κ1) is 16.1. The molecule has 1 saturated carbocycles. The van der Waals surface area contributed by atoms with Crippen molar-refractivity contribution in [1.82, 2.24) is 10.2 Å².